The fourth-order valence-corrected chi connectivity index (χ4v) is 2.88. The van der Waals surface area contributed by atoms with Gasteiger partial charge in [0, 0.05) is 6.54 Å². The molecule has 1 aliphatic rings. The fraction of sp³-hybridized carbons (Fsp3) is 0.529. The average Bonchev–Trinajstić information content (AvgIpc) is 2.49. The van der Waals surface area contributed by atoms with Crippen molar-refractivity contribution in [1.82, 2.24) is 4.90 Å². The molecule has 0 aliphatic heterocycles. The van der Waals surface area contributed by atoms with Gasteiger partial charge in [0.2, 0.25) is 0 Å². The molecule has 1 aromatic carbocycles. The summed E-state index contributed by atoms with van der Waals surface area (Å²) >= 11 is 0. The summed E-state index contributed by atoms with van der Waals surface area (Å²) in [5.74, 6) is 1.56. The standard InChI is InChI=1S/C17H25NO2/c1-18(12-14-6-4-3-5-7-14)17(13-19)15-8-10-16(20-2)11-9-15/h3-4,8-11,14,17,19H,5-7,12-13H2,1-2H3. The van der Waals surface area contributed by atoms with E-state index in [-0.39, 0.29) is 12.6 Å². The second-order valence-corrected chi connectivity index (χ2v) is 5.56. The lowest BCUT2D eigenvalue weighted by Gasteiger charge is -2.31. The number of aliphatic hydroxyl groups excluding tert-OH is 1. The van der Waals surface area contributed by atoms with Crippen LogP contribution in [0.2, 0.25) is 0 Å². The maximum absolute atomic E-state index is 9.72. The van der Waals surface area contributed by atoms with Crippen LogP contribution in [-0.4, -0.2) is 37.3 Å². The molecule has 20 heavy (non-hydrogen) atoms. The molecule has 3 heteroatoms. The van der Waals surface area contributed by atoms with Crippen molar-refractivity contribution >= 4 is 0 Å². The Morgan fingerprint density at radius 2 is 2.05 bits per heavy atom. The molecule has 2 rings (SSSR count). The van der Waals surface area contributed by atoms with E-state index in [1.807, 2.05) is 24.3 Å². The van der Waals surface area contributed by atoms with Crippen LogP contribution in [0.1, 0.15) is 30.9 Å². The van der Waals surface area contributed by atoms with Crippen molar-refractivity contribution in [2.75, 3.05) is 27.3 Å². The highest BCUT2D eigenvalue weighted by molar-refractivity contribution is 5.29. The lowest BCUT2D eigenvalue weighted by atomic mass is 9.93. The Bertz CT molecular complexity index is 427. The molecule has 0 spiro atoms. The van der Waals surface area contributed by atoms with Crippen LogP contribution in [0.15, 0.2) is 36.4 Å². The van der Waals surface area contributed by atoms with Gasteiger partial charge in [0.1, 0.15) is 5.75 Å². The van der Waals surface area contributed by atoms with Gasteiger partial charge in [-0.1, -0.05) is 24.3 Å². The highest BCUT2D eigenvalue weighted by Crippen LogP contribution is 2.25. The number of benzene rings is 1. The normalized spacial score (nSPS) is 20.1. The first kappa shape index (κ1) is 15.1. The van der Waals surface area contributed by atoms with Gasteiger partial charge in [-0.2, -0.15) is 0 Å². The highest BCUT2D eigenvalue weighted by atomic mass is 16.5. The second-order valence-electron chi connectivity index (χ2n) is 5.56. The average molecular weight is 275 g/mol. The van der Waals surface area contributed by atoms with E-state index in [1.54, 1.807) is 7.11 Å². The minimum Gasteiger partial charge on any atom is -0.497 e. The number of hydrogen-bond donors (Lipinski definition) is 1. The van der Waals surface area contributed by atoms with Crippen molar-refractivity contribution in [2.45, 2.75) is 25.3 Å². The fourth-order valence-electron chi connectivity index (χ4n) is 2.88. The van der Waals surface area contributed by atoms with E-state index in [9.17, 15) is 5.11 Å². The molecule has 0 saturated heterocycles. The van der Waals surface area contributed by atoms with Gasteiger partial charge >= 0.3 is 0 Å². The smallest absolute Gasteiger partial charge is 0.118 e. The molecule has 0 radical (unpaired) electrons. The Hall–Kier alpha value is -1.32. The van der Waals surface area contributed by atoms with E-state index in [4.69, 9.17) is 4.74 Å². The Kier molecular flexibility index (Phi) is 5.62. The summed E-state index contributed by atoms with van der Waals surface area (Å²) < 4.78 is 5.18. The van der Waals surface area contributed by atoms with Crippen LogP contribution in [0.4, 0.5) is 0 Å². The molecule has 0 bridgehead atoms. The Balaban J connectivity index is 2.00. The summed E-state index contributed by atoms with van der Waals surface area (Å²) in [7, 11) is 3.77. The number of methoxy groups -OCH3 is 1. The summed E-state index contributed by atoms with van der Waals surface area (Å²) in [5, 5.41) is 9.72. The molecule has 0 heterocycles. The van der Waals surface area contributed by atoms with Crippen molar-refractivity contribution in [1.29, 1.82) is 0 Å². The van der Waals surface area contributed by atoms with Gasteiger partial charge in [0.25, 0.3) is 0 Å². The van der Waals surface area contributed by atoms with Crippen molar-refractivity contribution in [3.63, 3.8) is 0 Å². The Labute approximate surface area is 121 Å². The first-order valence-electron chi connectivity index (χ1n) is 7.34. The van der Waals surface area contributed by atoms with Crippen LogP contribution in [0.5, 0.6) is 5.75 Å². The molecule has 2 atom stereocenters. The van der Waals surface area contributed by atoms with Crippen LogP contribution in [0, 0.1) is 5.92 Å². The summed E-state index contributed by atoms with van der Waals surface area (Å²) in [6.07, 6.45) is 8.14. The molecule has 1 N–H and O–H groups in total. The molecular formula is C17H25NO2. The second kappa shape index (κ2) is 7.46. The molecular weight excluding hydrogens is 250 g/mol. The highest BCUT2D eigenvalue weighted by Gasteiger charge is 2.20. The molecule has 3 nitrogen and oxygen atoms in total. The van der Waals surface area contributed by atoms with Gasteiger partial charge in [0.15, 0.2) is 0 Å². The molecule has 0 aromatic heterocycles. The summed E-state index contributed by atoms with van der Waals surface area (Å²) in [6, 6.07) is 8.05. The third-order valence-corrected chi connectivity index (χ3v) is 4.13. The van der Waals surface area contributed by atoms with E-state index in [0.717, 1.165) is 24.3 Å². The number of hydrogen-bond acceptors (Lipinski definition) is 3. The predicted molar refractivity (Wildman–Crippen MR) is 81.9 cm³/mol. The van der Waals surface area contributed by atoms with Crippen molar-refractivity contribution < 1.29 is 9.84 Å². The summed E-state index contributed by atoms with van der Waals surface area (Å²) in [6.45, 7) is 1.17. The molecule has 1 aromatic rings. The molecule has 2 unspecified atom stereocenters. The molecule has 110 valence electrons. The molecule has 0 fully saturated rings. The summed E-state index contributed by atoms with van der Waals surface area (Å²) in [4.78, 5) is 2.27. The van der Waals surface area contributed by atoms with Gasteiger partial charge in [-0.25, -0.2) is 0 Å². The number of aliphatic hydroxyl groups is 1. The SMILES string of the molecule is COc1ccc(C(CO)N(C)CC2CC=CCC2)cc1. The summed E-state index contributed by atoms with van der Waals surface area (Å²) in [5.41, 5.74) is 1.14. The third-order valence-electron chi connectivity index (χ3n) is 4.13. The van der Waals surface area contributed by atoms with Gasteiger partial charge < -0.3 is 9.84 Å². The lowest BCUT2D eigenvalue weighted by molar-refractivity contribution is 0.129. The predicted octanol–water partition coefficient (Wildman–Crippen LogP) is 3.02. The van der Waals surface area contributed by atoms with E-state index in [2.05, 4.69) is 24.1 Å². The number of rotatable bonds is 6. The Morgan fingerprint density at radius 1 is 1.30 bits per heavy atom. The zero-order valence-corrected chi connectivity index (χ0v) is 12.5. The maximum Gasteiger partial charge on any atom is 0.118 e. The maximum atomic E-state index is 9.72. The van der Waals surface area contributed by atoms with Gasteiger partial charge in [-0.15, -0.1) is 0 Å². The lowest BCUT2D eigenvalue weighted by Crippen LogP contribution is -2.32. The van der Waals surface area contributed by atoms with E-state index < -0.39 is 0 Å². The topological polar surface area (TPSA) is 32.7 Å². The zero-order valence-electron chi connectivity index (χ0n) is 12.5. The molecule has 1 aliphatic carbocycles. The zero-order chi connectivity index (χ0) is 14.4. The van der Waals surface area contributed by atoms with Gasteiger partial charge in [0.05, 0.1) is 19.8 Å². The number of allylic oxidation sites excluding steroid dienone is 2. The third kappa shape index (κ3) is 3.84. The van der Waals surface area contributed by atoms with Crippen molar-refractivity contribution in [2.24, 2.45) is 5.92 Å². The first-order chi connectivity index (χ1) is 9.74. The largest absolute Gasteiger partial charge is 0.497 e. The quantitative estimate of drug-likeness (QED) is 0.810. The van der Waals surface area contributed by atoms with Crippen molar-refractivity contribution in [3.8, 4) is 5.75 Å². The number of likely N-dealkylation sites (N-methyl/N-ethyl adjacent to an activating group) is 1. The molecule has 0 amide bonds. The Morgan fingerprint density at radius 3 is 2.60 bits per heavy atom. The van der Waals surface area contributed by atoms with Crippen LogP contribution in [-0.2, 0) is 0 Å². The van der Waals surface area contributed by atoms with Gasteiger partial charge in [-0.05, 0) is 49.9 Å². The van der Waals surface area contributed by atoms with E-state index in [1.165, 1.54) is 12.8 Å². The molecule has 0 saturated carbocycles. The van der Waals surface area contributed by atoms with E-state index in [0.29, 0.717) is 5.92 Å². The van der Waals surface area contributed by atoms with Crippen LogP contribution >= 0.6 is 0 Å². The number of nitrogens with zero attached hydrogens (tertiary/aromatic N) is 1. The number of ether oxygens (including phenoxy) is 1. The van der Waals surface area contributed by atoms with Crippen LogP contribution in [0.3, 0.4) is 0 Å². The minimum atomic E-state index is 0.0619. The van der Waals surface area contributed by atoms with Crippen LogP contribution < -0.4 is 4.74 Å². The van der Waals surface area contributed by atoms with Crippen molar-refractivity contribution in [3.05, 3.63) is 42.0 Å². The monoisotopic (exact) mass is 275 g/mol. The first-order valence-corrected chi connectivity index (χ1v) is 7.34. The minimum absolute atomic E-state index is 0.0619. The van der Waals surface area contributed by atoms with E-state index >= 15 is 0 Å². The van der Waals surface area contributed by atoms with Crippen LogP contribution in [0.25, 0.3) is 0 Å². The van der Waals surface area contributed by atoms with Gasteiger partial charge in [-0.3, -0.25) is 4.90 Å².